The number of fused-ring (bicyclic) bond motifs is 1. The summed E-state index contributed by atoms with van der Waals surface area (Å²) < 4.78 is 6.25. The molecule has 2 heterocycles. The van der Waals surface area contributed by atoms with E-state index in [0.717, 1.165) is 16.0 Å². The maximum Gasteiger partial charge on any atom is 0.226 e. The molecule has 0 unspecified atom stereocenters. The van der Waals surface area contributed by atoms with E-state index in [0.29, 0.717) is 16.7 Å². The van der Waals surface area contributed by atoms with Crippen molar-refractivity contribution in [2.45, 2.75) is 13.5 Å². The van der Waals surface area contributed by atoms with Gasteiger partial charge in [-0.2, -0.15) is 0 Å². The second-order valence-corrected chi connectivity index (χ2v) is 5.74. The molecule has 3 aromatic rings. The smallest absolute Gasteiger partial charge is 0.226 e. The molecule has 0 bridgehead atoms. The number of halogens is 1. The van der Waals surface area contributed by atoms with Crippen molar-refractivity contribution in [2.24, 2.45) is 0 Å². The molecule has 0 saturated carbocycles. The second kappa shape index (κ2) is 5.26. The highest BCUT2D eigenvalue weighted by Crippen LogP contribution is 2.31. The van der Waals surface area contributed by atoms with E-state index < -0.39 is 0 Å². The van der Waals surface area contributed by atoms with Crippen molar-refractivity contribution in [1.29, 1.82) is 0 Å². The summed E-state index contributed by atoms with van der Waals surface area (Å²) in [4.78, 5) is 17.9. The van der Waals surface area contributed by atoms with Crippen LogP contribution in [-0.4, -0.2) is 10.9 Å². The lowest BCUT2D eigenvalue weighted by atomic mass is 10.3. The summed E-state index contributed by atoms with van der Waals surface area (Å²) in [6.45, 7) is 1.89. The van der Waals surface area contributed by atoms with E-state index in [1.54, 1.807) is 23.3 Å². The Hall–Kier alpha value is -1.85. The molecule has 6 heteroatoms. The molecule has 0 N–H and O–H groups in total. The highest BCUT2D eigenvalue weighted by molar-refractivity contribution is 7.22. The molecule has 0 saturated heterocycles. The fourth-order valence-corrected chi connectivity index (χ4v) is 3.16. The van der Waals surface area contributed by atoms with Crippen molar-refractivity contribution >= 4 is 44.2 Å². The largest absolute Gasteiger partial charge is 0.467 e. The van der Waals surface area contributed by atoms with Crippen molar-refractivity contribution in [3.8, 4) is 0 Å². The van der Waals surface area contributed by atoms with Gasteiger partial charge in [-0.1, -0.05) is 22.9 Å². The molecule has 2 aromatic heterocycles. The normalized spacial score (nSPS) is 10.9. The van der Waals surface area contributed by atoms with Gasteiger partial charge in [-0.05, 0) is 30.3 Å². The predicted molar refractivity (Wildman–Crippen MR) is 80.2 cm³/mol. The van der Waals surface area contributed by atoms with Crippen LogP contribution in [0.15, 0.2) is 41.0 Å². The molecule has 1 aromatic carbocycles. The third kappa shape index (κ3) is 2.55. The van der Waals surface area contributed by atoms with Gasteiger partial charge in [0.25, 0.3) is 0 Å². The van der Waals surface area contributed by atoms with E-state index in [1.807, 2.05) is 18.2 Å². The van der Waals surface area contributed by atoms with Crippen LogP contribution in [0.1, 0.15) is 12.7 Å². The van der Waals surface area contributed by atoms with Gasteiger partial charge < -0.3 is 4.42 Å². The van der Waals surface area contributed by atoms with Crippen molar-refractivity contribution in [3.05, 3.63) is 47.4 Å². The van der Waals surface area contributed by atoms with Crippen LogP contribution in [0.3, 0.4) is 0 Å². The van der Waals surface area contributed by atoms with E-state index in [-0.39, 0.29) is 5.91 Å². The van der Waals surface area contributed by atoms with E-state index >= 15 is 0 Å². The Labute approximate surface area is 124 Å². The minimum atomic E-state index is -0.0773. The lowest BCUT2D eigenvalue weighted by molar-refractivity contribution is -0.116. The molecule has 4 nitrogen and oxygen atoms in total. The number of rotatable bonds is 3. The van der Waals surface area contributed by atoms with Gasteiger partial charge >= 0.3 is 0 Å². The Balaban J connectivity index is 1.98. The number of carbonyl (C=O) groups is 1. The molecule has 0 aliphatic rings. The van der Waals surface area contributed by atoms with Crippen LogP contribution in [0, 0.1) is 0 Å². The van der Waals surface area contributed by atoms with Crippen molar-refractivity contribution in [1.82, 2.24) is 4.98 Å². The number of aromatic nitrogens is 1. The second-order valence-electron chi connectivity index (χ2n) is 4.29. The highest BCUT2D eigenvalue weighted by Gasteiger charge is 2.18. The highest BCUT2D eigenvalue weighted by atomic mass is 35.5. The molecule has 0 radical (unpaired) electrons. The Kier molecular flexibility index (Phi) is 3.46. The van der Waals surface area contributed by atoms with Crippen molar-refractivity contribution in [2.75, 3.05) is 4.90 Å². The lowest BCUT2D eigenvalue weighted by Gasteiger charge is -2.15. The summed E-state index contributed by atoms with van der Waals surface area (Å²) in [5, 5.41) is 1.30. The molecule has 0 fully saturated rings. The number of nitrogens with zero attached hydrogens (tertiary/aromatic N) is 2. The number of hydrogen-bond acceptors (Lipinski definition) is 4. The molecule has 0 aliphatic carbocycles. The third-order valence-electron chi connectivity index (χ3n) is 2.84. The zero-order valence-corrected chi connectivity index (χ0v) is 12.2. The molecule has 102 valence electrons. The topological polar surface area (TPSA) is 46.3 Å². The van der Waals surface area contributed by atoms with Crippen LogP contribution in [0.25, 0.3) is 10.2 Å². The fraction of sp³-hybridized carbons (Fsp3) is 0.143. The first-order valence-corrected chi connectivity index (χ1v) is 7.19. The van der Waals surface area contributed by atoms with Gasteiger partial charge in [-0.15, -0.1) is 0 Å². The van der Waals surface area contributed by atoms with Gasteiger partial charge in [-0.25, -0.2) is 4.98 Å². The summed E-state index contributed by atoms with van der Waals surface area (Å²) >= 11 is 7.41. The first-order chi connectivity index (χ1) is 9.63. The zero-order chi connectivity index (χ0) is 14.1. The maximum absolute atomic E-state index is 11.8. The van der Waals surface area contributed by atoms with Gasteiger partial charge in [0, 0.05) is 11.9 Å². The van der Waals surface area contributed by atoms with E-state index in [2.05, 4.69) is 4.98 Å². The number of carbonyl (C=O) groups excluding carboxylic acids is 1. The zero-order valence-electron chi connectivity index (χ0n) is 10.7. The molecular formula is C14H11ClN2O2S. The summed E-state index contributed by atoms with van der Waals surface area (Å²) in [7, 11) is 0. The number of benzene rings is 1. The first kappa shape index (κ1) is 13.1. The van der Waals surface area contributed by atoms with Crippen LogP contribution in [0.5, 0.6) is 0 Å². The standard InChI is InChI=1S/C14H11ClN2O2S/c1-9(18)17(8-11-3-2-6-19-11)14-16-12-5-4-10(15)7-13(12)20-14/h2-7H,8H2,1H3. The van der Waals surface area contributed by atoms with Crippen LogP contribution in [-0.2, 0) is 11.3 Å². The van der Waals surface area contributed by atoms with E-state index in [9.17, 15) is 4.79 Å². The number of furan rings is 1. The molecule has 0 spiro atoms. The number of amides is 1. The average molecular weight is 307 g/mol. The SMILES string of the molecule is CC(=O)N(Cc1ccco1)c1nc2ccc(Cl)cc2s1. The molecule has 1 amide bonds. The number of hydrogen-bond donors (Lipinski definition) is 0. The van der Waals surface area contributed by atoms with Gasteiger partial charge in [0.15, 0.2) is 5.13 Å². The maximum atomic E-state index is 11.8. The van der Waals surface area contributed by atoms with Crippen LogP contribution >= 0.6 is 22.9 Å². The monoisotopic (exact) mass is 306 g/mol. The minimum Gasteiger partial charge on any atom is -0.467 e. The van der Waals surface area contributed by atoms with Crippen molar-refractivity contribution in [3.63, 3.8) is 0 Å². The quantitative estimate of drug-likeness (QED) is 0.732. The average Bonchev–Trinajstić information content (AvgIpc) is 3.03. The Bertz CT molecular complexity index is 752. The summed E-state index contributed by atoms with van der Waals surface area (Å²) in [6.07, 6.45) is 1.59. The number of thiazole rings is 1. The predicted octanol–water partition coefficient (Wildman–Crippen LogP) is 4.10. The molecule has 3 rings (SSSR count). The molecule has 0 aliphatic heterocycles. The van der Waals surface area contributed by atoms with Crippen LogP contribution < -0.4 is 4.90 Å². The Morgan fingerprint density at radius 2 is 2.30 bits per heavy atom. The lowest BCUT2D eigenvalue weighted by Crippen LogP contribution is -2.27. The fourth-order valence-electron chi connectivity index (χ4n) is 1.87. The Morgan fingerprint density at radius 3 is 3.00 bits per heavy atom. The Morgan fingerprint density at radius 1 is 1.45 bits per heavy atom. The molecule has 20 heavy (non-hydrogen) atoms. The van der Waals surface area contributed by atoms with Crippen LogP contribution in [0.2, 0.25) is 5.02 Å². The van der Waals surface area contributed by atoms with Gasteiger partial charge in [0.05, 0.1) is 23.0 Å². The third-order valence-corrected chi connectivity index (χ3v) is 4.12. The van der Waals surface area contributed by atoms with Crippen molar-refractivity contribution < 1.29 is 9.21 Å². The molecular weight excluding hydrogens is 296 g/mol. The summed E-state index contributed by atoms with van der Waals surface area (Å²) in [6, 6.07) is 9.12. The van der Waals surface area contributed by atoms with Crippen LogP contribution in [0.4, 0.5) is 5.13 Å². The molecule has 0 atom stereocenters. The number of anilines is 1. The van der Waals surface area contributed by atoms with Gasteiger partial charge in [0.2, 0.25) is 5.91 Å². The first-order valence-electron chi connectivity index (χ1n) is 6.00. The summed E-state index contributed by atoms with van der Waals surface area (Å²) in [5.74, 6) is 0.643. The van der Waals surface area contributed by atoms with Gasteiger partial charge in [-0.3, -0.25) is 9.69 Å². The van der Waals surface area contributed by atoms with E-state index in [4.69, 9.17) is 16.0 Å². The minimum absolute atomic E-state index is 0.0773. The van der Waals surface area contributed by atoms with Gasteiger partial charge in [0.1, 0.15) is 5.76 Å². The summed E-state index contributed by atoms with van der Waals surface area (Å²) in [5.41, 5.74) is 0.833. The van der Waals surface area contributed by atoms with E-state index in [1.165, 1.54) is 18.3 Å².